The van der Waals surface area contributed by atoms with Crippen molar-refractivity contribution in [2.24, 2.45) is 0 Å². The van der Waals surface area contributed by atoms with Gasteiger partial charge in [-0.2, -0.15) is 0 Å². The maximum absolute atomic E-state index is 13.5. The molecule has 0 aliphatic rings. The molecule has 3 rings (SSSR count). The average molecular weight is 344 g/mol. The van der Waals surface area contributed by atoms with Crippen LogP contribution in [-0.4, -0.2) is 26.0 Å². The summed E-state index contributed by atoms with van der Waals surface area (Å²) in [6.45, 7) is -0.0319. The zero-order chi connectivity index (χ0) is 16.9. The van der Waals surface area contributed by atoms with Crippen LogP contribution in [0.3, 0.4) is 0 Å². The van der Waals surface area contributed by atoms with Gasteiger partial charge in [-0.3, -0.25) is 15.6 Å². The second-order valence-corrected chi connectivity index (χ2v) is 5.25. The smallest absolute Gasteiger partial charge is 0.260 e. The van der Waals surface area contributed by atoms with Crippen molar-refractivity contribution >= 4 is 40.0 Å². The molecule has 1 amide bonds. The fourth-order valence-electron chi connectivity index (χ4n) is 2.05. The molecule has 0 bridgehead atoms. The first-order chi connectivity index (χ1) is 11.6. The second-order valence-electron chi connectivity index (χ2n) is 4.84. The molecule has 0 spiro atoms. The Morgan fingerprint density at radius 2 is 1.88 bits per heavy atom. The van der Waals surface area contributed by atoms with E-state index >= 15 is 0 Å². The summed E-state index contributed by atoms with van der Waals surface area (Å²) in [4.78, 5) is 12.0. The first-order valence-corrected chi connectivity index (χ1v) is 7.43. The number of benzene rings is 2. The van der Waals surface area contributed by atoms with E-state index < -0.39 is 5.82 Å². The molecule has 24 heavy (non-hydrogen) atoms. The van der Waals surface area contributed by atoms with Gasteiger partial charge in [0.25, 0.3) is 5.91 Å². The molecule has 122 valence electrons. The largest absolute Gasteiger partial charge is 0.329 e. The number of anilines is 1. The molecule has 3 N–H and O–H groups in total. The molecule has 1 heterocycles. The summed E-state index contributed by atoms with van der Waals surface area (Å²) in [5.41, 5.74) is 6.60. The van der Waals surface area contributed by atoms with Crippen LogP contribution in [0.5, 0.6) is 0 Å². The van der Waals surface area contributed by atoms with Crippen LogP contribution in [0.25, 0.3) is 11.0 Å². The van der Waals surface area contributed by atoms with E-state index in [-0.39, 0.29) is 23.3 Å². The zero-order valence-electron chi connectivity index (χ0n) is 12.4. The molecule has 0 fully saturated rings. The summed E-state index contributed by atoms with van der Waals surface area (Å²) in [6, 6.07) is 13.4. The van der Waals surface area contributed by atoms with E-state index in [0.717, 1.165) is 5.52 Å². The highest BCUT2D eigenvalue weighted by Crippen LogP contribution is 2.12. The Labute approximate surface area is 141 Å². The van der Waals surface area contributed by atoms with Gasteiger partial charge in [-0.15, -0.1) is 5.10 Å². The van der Waals surface area contributed by atoms with E-state index in [2.05, 4.69) is 26.5 Å². The molecule has 0 radical (unpaired) electrons. The van der Waals surface area contributed by atoms with Crippen molar-refractivity contribution in [1.29, 1.82) is 0 Å². The highest BCUT2D eigenvalue weighted by atomic mass is 32.1. The predicted molar refractivity (Wildman–Crippen MR) is 91.4 cm³/mol. The monoisotopic (exact) mass is 344 g/mol. The fraction of sp³-hybridized carbons (Fsp3) is 0.0667. The second kappa shape index (κ2) is 7.01. The van der Waals surface area contributed by atoms with Crippen molar-refractivity contribution in [3.63, 3.8) is 0 Å². The summed E-state index contributed by atoms with van der Waals surface area (Å²) in [7, 11) is 0. The van der Waals surface area contributed by atoms with E-state index in [1.165, 1.54) is 16.8 Å². The fourth-order valence-corrected chi connectivity index (χ4v) is 2.21. The van der Waals surface area contributed by atoms with E-state index in [4.69, 9.17) is 12.2 Å². The number of para-hydroxylation sites is 2. The highest BCUT2D eigenvalue weighted by molar-refractivity contribution is 7.80. The number of halogens is 1. The lowest BCUT2D eigenvalue weighted by molar-refractivity contribution is -0.122. The van der Waals surface area contributed by atoms with E-state index in [1.54, 1.807) is 12.1 Å². The van der Waals surface area contributed by atoms with Gasteiger partial charge >= 0.3 is 0 Å². The number of carbonyl (C=O) groups excluding carboxylic acids is 1. The number of hydrazine groups is 1. The van der Waals surface area contributed by atoms with Gasteiger partial charge in [0.2, 0.25) is 0 Å². The quantitative estimate of drug-likeness (QED) is 0.494. The average Bonchev–Trinajstić information content (AvgIpc) is 2.98. The molecule has 7 nitrogen and oxygen atoms in total. The minimum Gasteiger partial charge on any atom is -0.329 e. The van der Waals surface area contributed by atoms with Gasteiger partial charge in [0, 0.05) is 0 Å². The van der Waals surface area contributed by atoms with Crippen LogP contribution in [0.15, 0.2) is 48.5 Å². The van der Waals surface area contributed by atoms with Crippen LogP contribution in [0.4, 0.5) is 10.1 Å². The molecule has 2 aromatic carbocycles. The standard InChI is InChI=1S/C15H13FN6OS/c16-10-5-1-2-6-11(10)17-15(24)20-19-14(23)9-22-13-8-4-3-7-12(13)18-21-22/h1-8H,9H2,(H,19,23)(H2,17,20,24). The number of hydrogen-bond donors (Lipinski definition) is 3. The van der Waals surface area contributed by atoms with Crippen LogP contribution in [0.2, 0.25) is 0 Å². The number of nitrogens with zero attached hydrogens (tertiary/aromatic N) is 3. The Kier molecular flexibility index (Phi) is 4.62. The summed E-state index contributed by atoms with van der Waals surface area (Å²) >= 11 is 5.00. The Bertz CT molecular complexity index is 896. The minimum atomic E-state index is -0.443. The SMILES string of the molecule is O=C(Cn1nnc2ccccc21)NNC(=S)Nc1ccccc1F. The maximum atomic E-state index is 13.5. The third-order valence-electron chi connectivity index (χ3n) is 3.15. The molecule has 0 saturated heterocycles. The predicted octanol–water partition coefficient (Wildman–Crippen LogP) is 1.59. The van der Waals surface area contributed by atoms with Crippen molar-refractivity contribution in [2.75, 3.05) is 5.32 Å². The van der Waals surface area contributed by atoms with E-state index in [1.807, 2.05) is 24.3 Å². The van der Waals surface area contributed by atoms with Gasteiger partial charge in [0.1, 0.15) is 17.9 Å². The van der Waals surface area contributed by atoms with Gasteiger partial charge in [0.15, 0.2) is 5.11 Å². The van der Waals surface area contributed by atoms with Gasteiger partial charge in [0.05, 0.1) is 11.2 Å². The number of carbonyl (C=O) groups is 1. The first kappa shape index (κ1) is 15.8. The van der Waals surface area contributed by atoms with Crippen molar-refractivity contribution in [2.45, 2.75) is 6.54 Å². The molecule has 0 saturated carbocycles. The van der Waals surface area contributed by atoms with Crippen LogP contribution >= 0.6 is 12.2 Å². The molecular formula is C15H13FN6OS. The minimum absolute atomic E-state index is 0.0319. The lowest BCUT2D eigenvalue weighted by Crippen LogP contribution is -2.45. The van der Waals surface area contributed by atoms with Gasteiger partial charge in [-0.05, 0) is 36.5 Å². The van der Waals surface area contributed by atoms with E-state index in [0.29, 0.717) is 5.52 Å². The van der Waals surface area contributed by atoms with Crippen molar-refractivity contribution in [1.82, 2.24) is 25.8 Å². The summed E-state index contributed by atoms with van der Waals surface area (Å²) in [5, 5.41) is 10.6. The van der Waals surface area contributed by atoms with Crippen molar-refractivity contribution in [3.05, 3.63) is 54.3 Å². The lowest BCUT2D eigenvalue weighted by Gasteiger charge is -2.12. The van der Waals surface area contributed by atoms with E-state index in [9.17, 15) is 9.18 Å². The summed E-state index contributed by atoms with van der Waals surface area (Å²) in [5.74, 6) is -0.814. The molecule has 0 aliphatic carbocycles. The third-order valence-corrected chi connectivity index (χ3v) is 3.36. The molecule has 1 aromatic heterocycles. The van der Waals surface area contributed by atoms with Crippen LogP contribution in [0.1, 0.15) is 0 Å². The zero-order valence-corrected chi connectivity index (χ0v) is 13.2. The number of hydrogen-bond acceptors (Lipinski definition) is 4. The number of rotatable bonds is 3. The molecule has 0 unspecified atom stereocenters. The molecule has 0 atom stereocenters. The molecule has 0 aliphatic heterocycles. The summed E-state index contributed by atoms with van der Waals surface area (Å²) in [6.07, 6.45) is 0. The lowest BCUT2D eigenvalue weighted by atomic mass is 10.3. The Hall–Kier alpha value is -3.07. The topological polar surface area (TPSA) is 83.9 Å². The number of nitrogens with one attached hydrogen (secondary N) is 3. The van der Waals surface area contributed by atoms with Gasteiger partial charge < -0.3 is 5.32 Å². The molecule has 3 aromatic rings. The Morgan fingerprint density at radius 1 is 1.12 bits per heavy atom. The first-order valence-electron chi connectivity index (χ1n) is 7.02. The van der Waals surface area contributed by atoms with Crippen LogP contribution in [0, 0.1) is 5.82 Å². The number of amides is 1. The number of aromatic nitrogens is 3. The van der Waals surface area contributed by atoms with Gasteiger partial charge in [-0.25, -0.2) is 9.07 Å². The maximum Gasteiger partial charge on any atom is 0.260 e. The third kappa shape index (κ3) is 3.63. The molecule has 9 heteroatoms. The molecular weight excluding hydrogens is 331 g/mol. The van der Waals surface area contributed by atoms with Crippen LogP contribution < -0.4 is 16.2 Å². The van der Waals surface area contributed by atoms with Crippen molar-refractivity contribution < 1.29 is 9.18 Å². The van der Waals surface area contributed by atoms with Crippen LogP contribution in [-0.2, 0) is 11.3 Å². The van der Waals surface area contributed by atoms with Gasteiger partial charge in [-0.1, -0.05) is 29.5 Å². The van der Waals surface area contributed by atoms with Crippen molar-refractivity contribution in [3.8, 4) is 0 Å². The Balaban J connectivity index is 1.54. The number of thiocarbonyl (C=S) groups is 1. The summed E-state index contributed by atoms with van der Waals surface area (Å²) < 4.78 is 15.0. The number of fused-ring (bicyclic) bond motifs is 1. The Morgan fingerprint density at radius 3 is 2.71 bits per heavy atom. The normalized spacial score (nSPS) is 10.4. The highest BCUT2D eigenvalue weighted by Gasteiger charge is 2.09.